The lowest BCUT2D eigenvalue weighted by Crippen LogP contribution is -2.35. The Morgan fingerprint density at radius 1 is 1.17 bits per heavy atom. The number of nitrogens with zero attached hydrogens (tertiary/aromatic N) is 2. The quantitative estimate of drug-likeness (QED) is 0.614. The highest BCUT2D eigenvalue weighted by atomic mass is 32.1. The van der Waals surface area contributed by atoms with E-state index in [-0.39, 0.29) is 5.91 Å². The first-order chi connectivity index (χ1) is 11.7. The van der Waals surface area contributed by atoms with Gasteiger partial charge in [0.1, 0.15) is 0 Å². The smallest absolute Gasteiger partial charge is 0.253 e. The van der Waals surface area contributed by atoms with E-state index in [2.05, 4.69) is 35.6 Å². The zero-order valence-corrected chi connectivity index (χ0v) is 14.8. The number of rotatable bonds is 6. The number of thiol groups is 1. The van der Waals surface area contributed by atoms with E-state index in [0.717, 1.165) is 50.4 Å². The topological polar surface area (TPSA) is 35.6 Å². The molecule has 0 unspecified atom stereocenters. The Labute approximate surface area is 150 Å². The summed E-state index contributed by atoms with van der Waals surface area (Å²) in [5, 5.41) is 0. The molecule has 0 atom stereocenters. The van der Waals surface area contributed by atoms with Crippen molar-refractivity contribution in [1.29, 1.82) is 0 Å². The largest absolute Gasteiger partial charge is 0.337 e. The van der Waals surface area contributed by atoms with Gasteiger partial charge in [0, 0.05) is 44.0 Å². The highest BCUT2D eigenvalue weighted by molar-refractivity contribution is 7.81. The molecule has 1 aliphatic rings. The lowest BCUT2D eigenvalue weighted by atomic mass is 10.2. The summed E-state index contributed by atoms with van der Waals surface area (Å²) in [6.07, 6.45) is 6.61. The molecule has 128 valence electrons. The molecule has 1 aliphatic heterocycles. The predicted octanol–water partition coefficient (Wildman–Crippen LogP) is 3.39. The fourth-order valence-electron chi connectivity index (χ4n) is 2.80. The summed E-state index contributed by atoms with van der Waals surface area (Å²) in [5.74, 6) is 0.0909. The standard InChI is InChI=1S/C19H25N3OS/c1-3-6-16(4-2)15-21-11-5-12-22(14-13-21)19(23)17-7-9-18(20-24)10-8-17/h3-4,6-10,20,24H,1-2,5,11-15H2/b16-6+. The molecule has 1 heterocycles. The number of hydrogen-bond acceptors (Lipinski definition) is 4. The van der Waals surface area contributed by atoms with Gasteiger partial charge in [-0.3, -0.25) is 9.69 Å². The number of allylic oxidation sites excluding steroid dienone is 2. The van der Waals surface area contributed by atoms with Crippen LogP contribution in [0.2, 0.25) is 0 Å². The first-order valence-electron chi connectivity index (χ1n) is 8.13. The maximum Gasteiger partial charge on any atom is 0.253 e. The van der Waals surface area contributed by atoms with Crippen molar-refractivity contribution < 1.29 is 4.79 Å². The summed E-state index contributed by atoms with van der Waals surface area (Å²) in [5.41, 5.74) is 2.75. The van der Waals surface area contributed by atoms with Gasteiger partial charge in [0.15, 0.2) is 0 Å². The lowest BCUT2D eigenvalue weighted by Gasteiger charge is -2.22. The van der Waals surface area contributed by atoms with E-state index in [9.17, 15) is 4.79 Å². The third kappa shape index (κ3) is 5.01. The van der Waals surface area contributed by atoms with Gasteiger partial charge in [-0.15, -0.1) is 0 Å². The van der Waals surface area contributed by atoms with Crippen molar-refractivity contribution in [2.75, 3.05) is 37.4 Å². The van der Waals surface area contributed by atoms with Gasteiger partial charge in [0.25, 0.3) is 5.91 Å². The summed E-state index contributed by atoms with van der Waals surface area (Å²) in [7, 11) is 0. The Kier molecular flexibility index (Phi) is 7.15. The zero-order valence-electron chi connectivity index (χ0n) is 13.9. The predicted molar refractivity (Wildman–Crippen MR) is 104 cm³/mol. The van der Waals surface area contributed by atoms with Crippen LogP contribution in [0.15, 0.2) is 61.2 Å². The van der Waals surface area contributed by atoms with Crippen LogP contribution in [0.25, 0.3) is 0 Å². The van der Waals surface area contributed by atoms with Crippen LogP contribution in [0.1, 0.15) is 16.8 Å². The summed E-state index contributed by atoms with van der Waals surface area (Å²) in [4.78, 5) is 17.0. The van der Waals surface area contributed by atoms with Gasteiger partial charge in [0.2, 0.25) is 0 Å². The number of carbonyl (C=O) groups is 1. The maximum absolute atomic E-state index is 12.7. The Morgan fingerprint density at radius 3 is 2.54 bits per heavy atom. The van der Waals surface area contributed by atoms with Crippen molar-refractivity contribution in [3.05, 3.63) is 66.8 Å². The van der Waals surface area contributed by atoms with Crippen LogP contribution in [-0.4, -0.2) is 48.4 Å². The van der Waals surface area contributed by atoms with Crippen LogP contribution < -0.4 is 4.72 Å². The number of hydrogen-bond donors (Lipinski definition) is 2. The van der Waals surface area contributed by atoms with Crippen molar-refractivity contribution in [1.82, 2.24) is 9.80 Å². The van der Waals surface area contributed by atoms with E-state index in [4.69, 9.17) is 0 Å². The molecule has 0 bridgehead atoms. The molecule has 1 amide bonds. The zero-order chi connectivity index (χ0) is 17.4. The van der Waals surface area contributed by atoms with E-state index in [1.807, 2.05) is 41.3 Å². The van der Waals surface area contributed by atoms with Gasteiger partial charge >= 0.3 is 0 Å². The molecule has 0 radical (unpaired) electrons. The SMILES string of the molecule is C=C/C=C(\C=C)CN1CCCN(C(=O)c2ccc(NS)cc2)CC1. The molecule has 0 saturated carbocycles. The summed E-state index contributed by atoms with van der Waals surface area (Å²) in [6, 6.07) is 7.40. The second-order valence-corrected chi connectivity index (χ2v) is 6.02. The third-order valence-corrected chi connectivity index (χ3v) is 4.40. The molecule has 0 aliphatic carbocycles. The van der Waals surface area contributed by atoms with E-state index >= 15 is 0 Å². The van der Waals surface area contributed by atoms with Crippen LogP contribution in [0.4, 0.5) is 5.69 Å². The first kappa shape index (κ1) is 18.4. The number of anilines is 1. The minimum Gasteiger partial charge on any atom is -0.337 e. The molecule has 0 aromatic heterocycles. The molecular formula is C19H25N3OS. The maximum atomic E-state index is 12.7. The number of nitrogens with one attached hydrogen (secondary N) is 1. The van der Waals surface area contributed by atoms with Crippen LogP contribution in [0, 0.1) is 0 Å². The Balaban J connectivity index is 1.96. The van der Waals surface area contributed by atoms with Crippen molar-refractivity contribution in [3.63, 3.8) is 0 Å². The molecule has 1 N–H and O–H groups in total. The summed E-state index contributed by atoms with van der Waals surface area (Å²) >= 11 is 4.00. The molecular weight excluding hydrogens is 318 g/mol. The number of amides is 1. The number of carbonyl (C=O) groups excluding carboxylic acids is 1. The molecule has 1 aromatic rings. The Hall–Kier alpha value is -1.98. The van der Waals surface area contributed by atoms with E-state index in [1.54, 1.807) is 6.08 Å². The van der Waals surface area contributed by atoms with E-state index < -0.39 is 0 Å². The third-order valence-electron chi connectivity index (χ3n) is 4.14. The molecule has 1 saturated heterocycles. The highest BCUT2D eigenvalue weighted by Gasteiger charge is 2.20. The average Bonchev–Trinajstić information content (AvgIpc) is 2.86. The second kappa shape index (κ2) is 9.35. The van der Waals surface area contributed by atoms with Crippen molar-refractivity contribution in [2.24, 2.45) is 0 Å². The highest BCUT2D eigenvalue weighted by Crippen LogP contribution is 2.14. The van der Waals surface area contributed by atoms with E-state index in [0.29, 0.717) is 5.56 Å². The van der Waals surface area contributed by atoms with Crippen LogP contribution >= 0.6 is 12.8 Å². The summed E-state index contributed by atoms with van der Waals surface area (Å²) in [6.45, 7) is 11.8. The number of benzene rings is 1. The first-order valence-corrected chi connectivity index (χ1v) is 8.58. The molecule has 5 heteroatoms. The van der Waals surface area contributed by atoms with Crippen LogP contribution in [0.3, 0.4) is 0 Å². The van der Waals surface area contributed by atoms with Crippen LogP contribution in [0.5, 0.6) is 0 Å². The van der Waals surface area contributed by atoms with Crippen LogP contribution in [-0.2, 0) is 0 Å². The fourth-order valence-corrected chi connectivity index (χ4v) is 2.95. The normalized spacial score (nSPS) is 16.4. The Morgan fingerprint density at radius 2 is 1.92 bits per heavy atom. The second-order valence-electron chi connectivity index (χ2n) is 5.79. The van der Waals surface area contributed by atoms with Crippen molar-refractivity contribution in [2.45, 2.75) is 6.42 Å². The minimum atomic E-state index is 0.0909. The lowest BCUT2D eigenvalue weighted by molar-refractivity contribution is 0.0762. The molecule has 1 fully saturated rings. The minimum absolute atomic E-state index is 0.0909. The molecule has 1 aromatic carbocycles. The van der Waals surface area contributed by atoms with Gasteiger partial charge in [-0.1, -0.05) is 44.2 Å². The monoisotopic (exact) mass is 343 g/mol. The average molecular weight is 343 g/mol. The van der Waals surface area contributed by atoms with Crippen molar-refractivity contribution >= 4 is 24.4 Å². The Bertz CT molecular complexity index is 610. The fraction of sp³-hybridized carbons (Fsp3) is 0.316. The van der Waals surface area contributed by atoms with Gasteiger partial charge in [0.05, 0.1) is 0 Å². The molecule has 4 nitrogen and oxygen atoms in total. The van der Waals surface area contributed by atoms with Gasteiger partial charge in [-0.2, -0.15) is 0 Å². The van der Waals surface area contributed by atoms with E-state index in [1.165, 1.54) is 0 Å². The molecule has 2 rings (SSSR count). The van der Waals surface area contributed by atoms with Crippen molar-refractivity contribution in [3.8, 4) is 0 Å². The molecule has 0 spiro atoms. The molecule has 24 heavy (non-hydrogen) atoms. The summed E-state index contributed by atoms with van der Waals surface area (Å²) < 4.78 is 2.76. The van der Waals surface area contributed by atoms with Gasteiger partial charge < -0.3 is 9.62 Å². The van der Waals surface area contributed by atoms with Gasteiger partial charge in [-0.25, -0.2) is 0 Å². The van der Waals surface area contributed by atoms with Gasteiger partial charge in [-0.05, 0) is 36.3 Å².